The van der Waals surface area contributed by atoms with Gasteiger partial charge in [-0.05, 0) is 55.9 Å². The molecule has 2 aromatic rings. The van der Waals surface area contributed by atoms with Gasteiger partial charge in [0.25, 0.3) is 0 Å². The van der Waals surface area contributed by atoms with Gasteiger partial charge in [0.15, 0.2) is 0 Å². The van der Waals surface area contributed by atoms with E-state index in [2.05, 4.69) is 15.1 Å². The molecule has 0 aliphatic carbocycles. The van der Waals surface area contributed by atoms with Gasteiger partial charge in [0.1, 0.15) is 12.7 Å². The fourth-order valence-electron chi connectivity index (χ4n) is 5.75. The van der Waals surface area contributed by atoms with Crippen LogP contribution in [0.4, 0.5) is 26.3 Å². The number of hydrogen-bond acceptors (Lipinski definition) is 5. The van der Waals surface area contributed by atoms with Crippen LogP contribution in [-0.2, 0) is 28.5 Å². The molecule has 1 aromatic carbocycles. The second kappa shape index (κ2) is 9.90. The number of nitrogens with zero attached hydrogens (tertiary/aromatic N) is 5. The minimum absolute atomic E-state index is 0.0172. The molecule has 13 heteroatoms. The van der Waals surface area contributed by atoms with Crippen LogP contribution in [-0.4, -0.2) is 68.3 Å². The maximum atomic E-state index is 13.3. The summed E-state index contributed by atoms with van der Waals surface area (Å²) in [5, 5.41) is 7.71. The number of carbonyl (C=O) groups excluding carboxylic acids is 1. The zero-order chi connectivity index (χ0) is 26.4. The number of aromatic nitrogens is 3. The Morgan fingerprint density at radius 3 is 2.08 bits per heavy atom. The number of fused-ring (bicyclic) bond motifs is 1. The van der Waals surface area contributed by atoms with Crippen molar-refractivity contribution in [2.75, 3.05) is 19.6 Å². The Hall–Kier alpha value is -2.67. The zero-order valence-corrected chi connectivity index (χ0v) is 19.9. The number of rotatable bonds is 5. The van der Waals surface area contributed by atoms with Crippen LogP contribution >= 0.6 is 0 Å². The normalized spacial score (nSPS) is 26.1. The monoisotopic (exact) mass is 531 g/mol. The largest absolute Gasteiger partial charge is 0.416 e. The molecule has 0 radical (unpaired) electrons. The summed E-state index contributed by atoms with van der Waals surface area (Å²) in [6.07, 6.45) is -3.09. The summed E-state index contributed by atoms with van der Waals surface area (Å²) in [4.78, 5) is 17.3. The third-order valence-corrected chi connectivity index (χ3v) is 7.65. The fourth-order valence-corrected chi connectivity index (χ4v) is 5.75. The molecule has 0 spiro atoms. The molecule has 3 aliphatic rings. The van der Waals surface area contributed by atoms with Crippen molar-refractivity contribution in [3.05, 3.63) is 47.5 Å². The van der Waals surface area contributed by atoms with Gasteiger partial charge in [-0.3, -0.25) is 9.69 Å². The maximum absolute atomic E-state index is 13.3. The molecule has 0 bridgehead atoms. The number of piperidine rings is 2. The van der Waals surface area contributed by atoms with Gasteiger partial charge in [-0.15, -0.1) is 10.2 Å². The van der Waals surface area contributed by atoms with Crippen molar-refractivity contribution in [1.82, 2.24) is 24.6 Å². The summed E-state index contributed by atoms with van der Waals surface area (Å²) in [7, 11) is 0. The summed E-state index contributed by atoms with van der Waals surface area (Å²) in [5.41, 5.74) is -2.93. The first-order valence-corrected chi connectivity index (χ1v) is 12.3. The molecule has 3 unspecified atom stereocenters. The molecule has 1 aromatic heterocycles. The maximum Gasteiger partial charge on any atom is 0.416 e. The molecule has 7 nitrogen and oxygen atoms in total. The first-order valence-electron chi connectivity index (χ1n) is 12.3. The summed E-state index contributed by atoms with van der Waals surface area (Å²) in [6.45, 7) is 1.43. The average Bonchev–Trinajstić information content (AvgIpc) is 3.53. The second-order valence-corrected chi connectivity index (χ2v) is 10.00. The van der Waals surface area contributed by atoms with Crippen LogP contribution in [0.5, 0.6) is 0 Å². The molecule has 202 valence electrons. The second-order valence-electron chi connectivity index (χ2n) is 10.00. The number of alkyl halides is 6. The summed E-state index contributed by atoms with van der Waals surface area (Å²) in [5.74, 6) is 0.0172. The number of carbonyl (C=O) groups is 1. The Morgan fingerprint density at radius 1 is 0.865 bits per heavy atom. The van der Waals surface area contributed by atoms with E-state index in [9.17, 15) is 31.1 Å². The third kappa shape index (κ3) is 5.62. The van der Waals surface area contributed by atoms with E-state index in [1.807, 2.05) is 4.57 Å². The molecule has 3 atom stereocenters. The number of hydrogen-bond donors (Lipinski definition) is 0. The Bertz CT molecular complexity index is 1070. The highest BCUT2D eigenvalue weighted by Crippen LogP contribution is 2.37. The fraction of sp³-hybridized carbons (Fsp3) is 0.625. The number of amides is 1. The van der Waals surface area contributed by atoms with E-state index in [0.717, 1.165) is 32.4 Å². The zero-order valence-electron chi connectivity index (χ0n) is 19.9. The minimum Gasteiger partial charge on any atom is -0.372 e. The van der Waals surface area contributed by atoms with Crippen LogP contribution < -0.4 is 0 Å². The lowest BCUT2D eigenvalue weighted by atomic mass is 9.94. The molecular weight excluding hydrogens is 504 g/mol. The topological polar surface area (TPSA) is 63.5 Å². The molecule has 3 aliphatic heterocycles. The first kappa shape index (κ1) is 26.0. The lowest BCUT2D eigenvalue weighted by Gasteiger charge is -2.42. The highest BCUT2D eigenvalue weighted by atomic mass is 19.4. The van der Waals surface area contributed by atoms with Gasteiger partial charge in [0.2, 0.25) is 5.91 Å². The van der Waals surface area contributed by atoms with Crippen LogP contribution in [0.2, 0.25) is 0 Å². The van der Waals surface area contributed by atoms with E-state index < -0.39 is 36.2 Å². The number of likely N-dealkylation sites (tertiary alicyclic amines) is 1. The Balaban J connectivity index is 1.18. The molecule has 3 fully saturated rings. The van der Waals surface area contributed by atoms with Gasteiger partial charge < -0.3 is 14.2 Å². The average molecular weight is 532 g/mol. The molecule has 3 saturated heterocycles. The number of benzene rings is 1. The van der Waals surface area contributed by atoms with E-state index in [4.69, 9.17) is 4.74 Å². The van der Waals surface area contributed by atoms with Crippen LogP contribution in [0.1, 0.15) is 54.8 Å². The molecule has 0 saturated carbocycles. The minimum atomic E-state index is -4.91. The third-order valence-electron chi connectivity index (χ3n) is 7.65. The molecule has 5 rings (SSSR count). The summed E-state index contributed by atoms with van der Waals surface area (Å²) in [6, 6.07) is 1.51. The number of ether oxygens (including phenoxy) is 1. The highest BCUT2D eigenvalue weighted by Gasteiger charge is 2.44. The van der Waals surface area contributed by atoms with Crippen LogP contribution in [0.15, 0.2) is 30.9 Å². The van der Waals surface area contributed by atoms with Crippen LogP contribution in [0, 0.1) is 0 Å². The van der Waals surface area contributed by atoms with Crippen molar-refractivity contribution in [3.63, 3.8) is 0 Å². The van der Waals surface area contributed by atoms with E-state index in [1.54, 1.807) is 17.6 Å². The molecular formula is C24H27F6N5O2. The molecule has 1 amide bonds. The van der Waals surface area contributed by atoms with Crippen molar-refractivity contribution in [1.29, 1.82) is 0 Å². The number of halogens is 6. The van der Waals surface area contributed by atoms with Gasteiger partial charge in [0, 0.05) is 31.7 Å². The quantitative estimate of drug-likeness (QED) is 0.539. The van der Waals surface area contributed by atoms with Crippen molar-refractivity contribution >= 4 is 5.91 Å². The Kier molecular flexibility index (Phi) is 6.94. The van der Waals surface area contributed by atoms with Crippen LogP contribution in [0.25, 0.3) is 0 Å². The molecule has 0 N–H and O–H groups in total. The lowest BCUT2D eigenvalue weighted by Crippen LogP contribution is -2.55. The SMILES string of the molecule is O=C1C(N2CCC(n3cnnc3)CC2)CCC2CC(OCc3cc(C(F)(F)F)cc(C(F)(F)F)c3)CN12. The van der Waals surface area contributed by atoms with Gasteiger partial charge >= 0.3 is 12.4 Å². The summed E-state index contributed by atoms with van der Waals surface area (Å²) < 4.78 is 86.6. The van der Waals surface area contributed by atoms with Crippen LogP contribution in [0.3, 0.4) is 0 Å². The molecule has 4 heterocycles. The van der Waals surface area contributed by atoms with Gasteiger partial charge in [0.05, 0.1) is 29.9 Å². The predicted octanol–water partition coefficient (Wildman–Crippen LogP) is 4.30. The van der Waals surface area contributed by atoms with Crippen molar-refractivity contribution in [2.45, 2.75) is 75.3 Å². The van der Waals surface area contributed by atoms with E-state index in [-0.39, 0.29) is 36.2 Å². The van der Waals surface area contributed by atoms with E-state index in [1.165, 1.54) is 0 Å². The van der Waals surface area contributed by atoms with Crippen molar-refractivity contribution in [3.8, 4) is 0 Å². The molecule has 37 heavy (non-hydrogen) atoms. The van der Waals surface area contributed by atoms with E-state index >= 15 is 0 Å². The van der Waals surface area contributed by atoms with Gasteiger partial charge in [-0.1, -0.05) is 0 Å². The predicted molar refractivity (Wildman–Crippen MR) is 118 cm³/mol. The summed E-state index contributed by atoms with van der Waals surface area (Å²) >= 11 is 0. The van der Waals surface area contributed by atoms with Gasteiger partial charge in [-0.25, -0.2) is 0 Å². The Labute approximate surface area is 209 Å². The van der Waals surface area contributed by atoms with Crippen molar-refractivity contribution in [2.24, 2.45) is 0 Å². The standard InChI is InChI=1S/C24H27F6N5O2/c25-23(26,27)16-7-15(8-17(9-16)24(28,29)30)12-37-20-10-19-1-2-21(22(36)35(19)11-20)33-5-3-18(4-6-33)34-13-31-32-14-34/h7-9,13-14,18-21H,1-6,10-12H2. The van der Waals surface area contributed by atoms with Crippen molar-refractivity contribution < 1.29 is 35.9 Å². The first-order chi connectivity index (χ1) is 17.5. The lowest BCUT2D eigenvalue weighted by molar-refractivity contribution is -0.144. The highest BCUT2D eigenvalue weighted by molar-refractivity contribution is 5.83. The van der Waals surface area contributed by atoms with Gasteiger partial charge in [-0.2, -0.15) is 26.3 Å². The Morgan fingerprint density at radius 2 is 1.49 bits per heavy atom. The van der Waals surface area contributed by atoms with E-state index in [0.29, 0.717) is 31.0 Å². The smallest absolute Gasteiger partial charge is 0.372 e.